The summed E-state index contributed by atoms with van der Waals surface area (Å²) in [5.41, 5.74) is 9.75. The Bertz CT molecular complexity index is 532. The van der Waals surface area contributed by atoms with Crippen LogP contribution >= 0.6 is 0 Å². The summed E-state index contributed by atoms with van der Waals surface area (Å²) < 4.78 is 39.0. The van der Waals surface area contributed by atoms with Crippen LogP contribution in [-0.2, 0) is 18.4 Å². The molecule has 1 aromatic rings. The number of unbranched alkanes of at least 4 members (excludes halogenated alkanes) is 4. The maximum atomic E-state index is 9.75. The van der Waals surface area contributed by atoms with Crippen molar-refractivity contribution in [2.24, 2.45) is 0 Å². The van der Waals surface area contributed by atoms with Crippen LogP contribution in [0, 0.1) is 0 Å². The van der Waals surface area contributed by atoms with Crippen molar-refractivity contribution >= 4 is 7.25 Å². The van der Waals surface area contributed by atoms with Crippen molar-refractivity contribution in [3.8, 4) is 0 Å². The predicted molar refractivity (Wildman–Crippen MR) is 117 cm³/mol. The number of halogens is 4. The number of benzene rings is 1. The summed E-state index contributed by atoms with van der Waals surface area (Å²) in [6, 6.07) is 7.08. The fourth-order valence-electron chi connectivity index (χ4n) is 3.81. The summed E-state index contributed by atoms with van der Waals surface area (Å²) in [7, 11) is -6.00. The summed E-state index contributed by atoms with van der Waals surface area (Å²) in [6.07, 6.45) is 15.2. The molecule has 1 rings (SSSR count). The Morgan fingerprint density at radius 1 is 0.759 bits per heavy atom. The van der Waals surface area contributed by atoms with Crippen LogP contribution in [0.2, 0.25) is 0 Å². The standard InChI is InChI=1S/C23H41N.BF4/c1-5-9-14-20-15-13-17-22(21(20)16-10-6-2)23(24,18-11-7-3)19-12-8-4;2-1(3,4)5/h13,15,17H,5-12,14,16,18-19,24H2,1-4H3;/q;-1/p+1. The molecule has 0 amide bonds. The lowest BCUT2D eigenvalue weighted by Gasteiger charge is -2.30. The van der Waals surface area contributed by atoms with Gasteiger partial charge >= 0.3 is 7.25 Å². The molecule has 0 atom stereocenters. The van der Waals surface area contributed by atoms with E-state index in [1.807, 2.05) is 0 Å². The summed E-state index contributed by atoms with van der Waals surface area (Å²) in [4.78, 5) is 0. The Kier molecular flexibility index (Phi) is 14.3. The fourth-order valence-corrected chi connectivity index (χ4v) is 3.81. The first-order chi connectivity index (χ1) is 13.6. The minimum atomic E-state index is -6.00. The maximum Gasteiger partial charge on any atom is 0.673 e. The van der Waals surface area contributed by atoms with Gasteiger partial charge in [-0.15, -0.1) is 0 Å². The molecule has 0 aromatic heterocycles. The molecular formula is C23H42BF4N. The van der Waals surface area contributed by atoms with Crippen LogP contribution in [0.4, 0.5) is 17.3 Å². The van der Waals surface area contributed by atoms with Crippen molar-refractivity contribution < 1.29 is 23.0 Å². The van der Waals surface area contributed by atoms with E-state index in [0.29, 0.717) is 0 Å². The van der Waals surface area contributed by atoms with Gasteiger partial charge in [0.1, 0.15) is 5.54 Å². The highest BCUT2D eigenvalue weighted by molar-refractivity contribution is 6.50. The molecule has 0 spiro atoms. The summed E-state index contributed by atoms with van der Waals surface area (Å²) in [5, 5.41) is 0. The second-order valence-corrected chi connectivity index (χ2v) is 8.13. The van der Waals surface area contributed by atoms with Gasteiger partial charge in [0.05, 0.1) is 0 Å². The first-order valence-corrected chi connectivity index (χ1v) is 11.5. The van der Waals surface area contributed by atoms with Crippen molar-refractivity contribution in [2.45, 2.75) is 110 Å². The van der Waals surface area contributed by atoms with E-state index in [0.717, 1.165) is 0 Å². The lowest BCUT2D eigenvalue weighted by atomic mass is 9.77. The quantitative estimate of drug-likeness (QED) is 0.253. The van der Waals surface area contributed by atoms with E-state index in [9.17, 15) is 17.3 Å². The van der Waals surface area contributed by atoms with Gasteiger partial charge in [-0.1, -0.05) is 71.6 Å². The molecule has 0 unspecified atom stereocenters. The molecule has 0 aliphatic carbocycles. The van der Waals surface area contributed by atoms with Gasteiger partial charge in [0.15, 0.2) is 0 Å². The van der Waals surface area contributed by atoms with Gasteiger partial charge in [-0.2, -0.15) is 0 Å². The van der Waals surface area contributed by atoms with Crippen LogP contribution in [0.25, 0.3) is 0 Å². The molecule has 0 fully saturated rings. The largest absolute Gasteiger partial charge is 0.673 e. The molecule has 0 aliphatic rings. The molecule has 170 valence electrons. The molecule has 1 nitrogen and oxygen atoms in total. The first kappa shape index (κ1) is 28.0. The maximum absolute atomic E-state index is 9.75. The average Bonchev–Trinajstić information content (AvgIpc) is 2.66. The summed E-state index contributed by atoms with van der Waals surface area (Å²) in [5.74, 6) is 0. The van der Waals surface area contributed by atoms with E-state index in [2.05, 4.69) is 45.9 Å². The topological polar surface area (TPSA) is 27.6 Å². The average molecular weight is 419 g/mol. The molecular weight excluding hydrogens is 377 g/mol. The summed E-state index contributed by atoms with van der Waals surface area (Å²) in [6.45, 7) is 9.20. The fraction of sp³-hybridized carbons (Fsp3) is 0.739. The zero-order valence-corrected chi connectivity index (χ0v) is 19.0. The van der Waals surface area contributed by atoms with E-state index in [4.69, 9.17) is 5.73 Å². The van der Waals surface area contributed by atoms with Crippen LogP contribution in [0.5, 0.6) is 0 Å². The van der Waals surface area contributed by atoms with Gasteiger partial charge in [0.25, 0.3) is 0 Å². The highest BCUT2D eigenvalue weighted by atomic mass is 19.5. The number of hydrogen-bond donors (Lipinski definition) is 1. The van der Waals surface area contributed by atoms with Crippen molar-refractivity contribution in [3.63, 3.8) is 0 Å². The minimum Gasteiger partial charge on any atom is -0.418 e. The van der Waals surface area contributed by atoms with Gasteiger partial charge in [0, 0.05) is 18.4 Å². The van der Waals surface area contributed by atoms with Crippen LogP contribution in [0.15, 0.2) is 18.2 Å². The van der Waals surface area contributed by atoms with E-state index in [1.54, 1.807) is 16.7 Å². The van der Waals surface area contributed by atoms with Crippen molar-refractivity contribution in [2.75, 3.05) is 0 Å². The van der Waals surface area contributed by atoms with E-state index in [1.165, 1.54) is 77.0 Å². The van der Waals surface area contributed by atoms with Gasteiger partial charge in [-0.3, -0.25) is 0 Å². The van der Waals surface area contributed by atoms with E-state index < -0.39 is 7.25 Å². The zero-order valence-electron chi connectivity index (χ0n) is 19.0. The van der Waals surface area contributed by atoms with Crippen molar-refractivity contribution in [3.05, 3.63) is 34.9 Å². The number of quaternary nitrogens is 1. The lowest BCUT2D eigenvalue weighted by Crippen LogP contribution is -2.70. The molecule has 0 aliphatic heterocycles. The number of hydrogen-bond acceptors (Lipinski definition) is 0. The third kappa shape index (κ3) is 12.3. The monoisotopic (exact) mass is 419 g/mol. The third-order valence-corrected chi connectivity index (χ3v) is 5.44. The molecule has 3 N–H and O–H groups in total. The van der Waals surface area contributed by atoms with E-state index >= 15 is 0 Å². The second-order valence-electron chi connectivity index (χ2n) is 8.13. The highest BCUT2D eigenvalue weighted by Crippen LogP contribution is 2.33. The third-order valence-electron chi connectivity index (χ3n) is 5.44. The van der Waals surface area contributed by atoms with Crippen molar-refractivity contribution in [1.82, 2.24) is 0 Å². The smallest absolute Gasteiger partial charge is 0.418 e. The molecule has 0 bridgehead atoms. The number of rotatable bonds is 13. The van der Waals surface area contributed by atoms with Crippen LogP contribution in [0.1, 0.15) is 109 Å². The van der Waals surface area contributed by atoms with Gasteiger partial charge in [0.2, 0.25) is 0 Å². The SMILES string of the molecule is CCCCc1cccc(C([NH3+])(CCCC)CCCC)c1CCCC.F[B-](F)(F)F. The molecule has 0 saturated carbocycles. The summed E-state index contributed by atoms with van der Waals surface area (Å²) >= 11 is 0. The van der Waals surface area contributed by atoms with Crippen LogP contribution in [-0.4, -0.2) is 7.25 Å². The van der Waals surface area contributed by atoms with Gasteiger partial charge in [-0.25, -0.2) is 0 Å². The Labute approximate surface area is 175 Å². The zero-order chi connectivity index (χ0) is 22.3. The Balaban J connectivity index is 0.00000139. The molecule has 6 heteroatoms. The highest BCUT2D eigenvalue weighted by Gasteiger charge is 2.33. The molecule has 1 aromatic carbocycles. The van der Waals surface area contributed by atoms with E-state index in [-0.39, 0.29) is 5.54 Å². The Hall–Kier alpha value is -1.04. The normalized spacial score (nSPS) is 11.9. The van der Waals surface area contributed by atoms with Gasteiger partial charge < -0.3 is 23.0 Å². The van der Waals surface area contributed by atoms with Gasteiger partial charge in [-0.05, 0) is 49.7 Å². The molecule has 0 radical (unpaired) electrons. The Morgan fingerprint density at radius 3 is 1.66 bits per heavy atom. The van der Waals surface area contributed by atoms with Crippen molar-refractivity contribution in [1.29, 1.82) is 0 Å². The molecule has 0 heterocycles. The number of aryl methyl sites for hydroxylation is 1. The second kappa shape index (κ2) is 14.9. The predicted octanol–water partition coefficient (Wildman–Crippen LogP) is 7.49. The Morgan fingerprint density at radius 2 is 1.21 bits per heavy atom. The molecule has 29 heavy (non-hydrogen) atoms. The molecule has 0 saturated heterocycles. The first-order valence-electron chi connectivity index (χ1n) is 11.5. The van der Waals surface area contributed by atoms with Crippen LogP contribution < -0.4 is 5.73 Å². The minimum absolute atomic E-state index is 0.122. The van der Waals surface area contributed by atoms with Crippen LogP contribution in [0.3, 0.4) is 0 Å². The lowest BCUT2D eigenvalue weighted by molar-refractivity contribution is -0.492.